The van der Waals surface area contributed by atoms with Gasteiger partial charge >= 0.3 is 0 Å². The maximum atomic E-state index is 11.3. The van der Waals surface area contributed by atoms with E-state index >= 15 is 0 Å². The highest BCUT2D eigenvalue weighted by molar-refractivity contribution is 7.98. The number of aromatic amines is 1. The maximum Gasteiger partial charge on any atom is 0.251 e. The molecule has 0 aliphatic rings. The van der Waals surface area contributed by atoms with Crippen molar-refractivity contribution in [3.63, 3.8) is 0 Å². The van der Waals surface area contributed by atoms with Gasteiger partial charge in [0.25, 0.3) is 5.56 Å². The molecule has 0 unspecified atom stereocenters. The smallest absolute Gasteiger partial charge is 0.251 e. The monoisotopic (exact) mass is 266 g/mol. The van der Waals surface area contributed by atoms with Gasteiger partial charge in [-0.1, -0.05) is 23.7 Å². The molecule has 1 heterocycles. The van der Waals surface area contributed by atoms with Crippen molar-refractivity contribution in [2.45, 2.75) is 17.6 Å². The fourth-order valence-electron chi connectivity index (χ4n) is 1.42. The van der Waals surface area contributed by atoms with E-state index in [4.69, 9.17) is 11.6 Å². The third-order valence-electron chi connectivity index (χ3n) is 2.12. The van der Waals surface area contributed by atoms with Crippen LogP contribution in [0.3, 0.4) is 0 Å². The Morgan fingerprint density at radius 2 is 2.18 bits per heavy atom. The minimum Gasteiger partial charge on any atom is -0.310 e. The zero-order valence-corrected chi connectivity index (χ0v) is 10.8. The zero-order chi connectivity index (χ0) is 12.3. The highest BCUT2D eigenvalue weighted by Gasteiger charge is 2.03. The Hall–Kier alpha value is -1.26. The first-order valence-corrected chi connectivity index (χ1v) is 6.45. The molecular formula is C12H11ClN2OS. The summed E-state index contributed by atoms with van der Waals surface area (Å²) in [4.78, 5) is 19.2. The predicted molar refractivity (Wildman–Crippen MR) is 70.6 cm³/mol. The molecule has 0 saturated heterocycles. The predicted octanol–water partition coefficient (Wildman–Crippen LogP) is 3.02. The summed E-state index contributed by atoms with van der Waals surface area (Å²) in [6.07, 6.45) is 0. The number of nitrogens with one attached hydrogen (secondary N) is 1. The van der Waals surface area contributed by atoms with Crippen LogP contribution in [0.1, 0.15) is 11.5 Å². The summed E-state index contributed by atoms with van der Waals surface area (Å²) in [5.74, 6) is 1.26. The van der Waals surface area contributed by atoms with E-state index in [1.54, 1.807) is 18.7 Å². The van der Waals surface area contributed by atoms with Gasteiger partial charge in [-0.2, -0.15) is 0 Å². The summed E-state index contributed by atoms with van der Waals surface area (Å²) >= 11 is 7.59. The SMILES string of the molecule is Cc1cc(=O)[nH]c(CSc2ccccc2Cl)n1. The summed E-state index contributed by atoms with van der Waals surface area (Å²) in [7, 11) is 0. The lowest BCUT2D eigenvalue weighted by Gasteiger charge is -2.03. The number of hydrogen-bond donors (Lipinski definition) is 1. The Kier molecular flexibility index (Phi) is 3.86. The van der Waals surface area contributed by atoms with Crippen LogP contribution in [0.15, 0.2) is 40.0 Å². The lowest BCUT2D eigenvalue weighted by Crippen LogP contribution is -2.10. The van der Waals surface area contributed by atoms with Gasteiger partial charge in [0.2, 0.25) is 0 Å². The number of halogens is 1. The van der Waals surface area contributed by atoms with Crippen molar-refractivity contribution in [1.29, 1.82) is 0 Å². The number of aromatic nitrogens is 2. The molecule has 0 bridgehead atoms. The van der Waals surface area contributed by atoms with E-state index in [1.165, 1.54) is 6.07 Å². The molecule has 1 aromatic carbocycles. The fourth-order valence-corrected chi connectivity index (χ4v) is 2.53. The van der Waals surface area contributed by atoms with Gasteiger partial charge in [-0.3, -0.25) is 4.79 Å². The number of hydrogen-bond acceptors (Lipinski definition) is 3. The number of benzene rings is 1. The fraction of sp³-hybridized carbons (Fsp3) is 0.167. The second kappa shape index (κ2) is 5.38. The molecule has 5 heteroatoms. The Labute approximate surface area is 108 Å². The molecule has 2 aromatic rings. The Morgan fingerprint density at radius 3 is 2.88 bits per heavy atom. The molecule has 1 N–H and O–H groups in total. The topological polar surface area (TPSA) is 45.8 Å². The molecule has 0 amide bonds. The van der Waals surface area contributed by atoms with Crippen LogP contribution in [-0.4, -0.2) is 9.97 Å². The van der Waals surface area contributed by atoms with E-state index < -0.39 is 0 Å². The number of H-pyrrole nitrogens is 1. The molecule has 0 radical (unpaired) electrons. The summed E-state index contributed by atoms with van der Waals surface area (Å²) < 4.78 is 0. The first-order valence-electron chi connectivity index (χ1n) is 5.09. The van der Waals surface area contributed by atoms with Crippen molar-refractivity contribution in [3.05, 3.63) is 57.2 Å². The molecule has 2 rings (SSSR count). The van der Waals surface area contributed by atoms with Gasteiger partial charge in [-0.25, -0.2) is 4.98 Å². The van der Waals surface area contributed by atoms with Gasteiger partial charge in [-0.05, 0) is 19.1 Å². The lowest BCUT2D eigenvalue weighted by atomic mass is 10.4. The second-order valence-electron chi connectivity index (χ2n) is 3.55. The average Bonchev–Trinajstić information content (AvgIpc) is 2.27. The van der Waals surface area contributed by atoms with Gasteiger partial charge in [0.1, 0.15) is 5.82 Å². The molecule has 0 fully saturated rings. The van der Waals surface area contributed by atoms with Crippen LogP contribution in [0, 0.1) is 6.92 Å². The molecule has 0 atom stereocenters. The Balaban J connectivity index is 2.13. The molecular weight excluding hydrogens is 256 g/mol. The van der Waals surface area contributed by atoms with E-state index in [2.05, 4.69) is 9.97 Å². The summed E-state index contributed by atoms with van der Waals surface area (Å²) in [5.41, 5.74) is 0.607. The molecule has 0 saturated carbocycles. The first kappa shape index (κ1) is 12.2. The lowest BCUT2D eigenvalue weighted by molar-refractivity contribution is 0.968. The number of rotatable bonds is 3. The van der Waals surface area contributed by atoms with E-state index in [9.17, 15) is 4.79 Å². The number of aryl methyl sites for hydroxylation is 1. The molecule has 0 aliphatic carbocycles. The third kappa shape index (κ3) is 3.35. The normalized spacial score (nSPS) is 10.5. The standard InChI is InChI=1S/C12H11ClN2OS/c1-8-6-12(16)15-11(14-8)7-17-10-5-3-2-4-9(10)13/h2-6H,7H2,1H3,(H,14,15,16). The molecule has 0 aliphatic heterocycles. The molecule has 17 heavy (non-hydrogen) atoms. The highest BCUT2D eigenvalue weighted by Crippen LogP contribution is 2.28. The van der Waals surface area contributed by atoms with Crippen LogP contribution in [0.5, 0.6) is 0 Å². The first-order chi connectivity index (χ1) is 8.15. The van der Waals surface area contributed by atoms with Gasteiger partial charge in [-0.15, -0.1) is 11.8 Å². The quantitative estimate of drug-likeness (QED) is 0.869. The van der Waals surface area contributed by atoms with Crippen LogP contribution in [0.2, 0.25) is 5.02 Å². The van der Waals surface area contributed by atoms with E-state index in [0.717, 1.165) is 10.6 Å². The van der Waals surface area contributed by atoms with Crippen LogP contribution >= 0.6 is 23.4 Å². The maximum absolute atomic E-state index is 11.3. The van der Waals surface area contributed by atoms with E-state index in [-0.39, 0.29) is 5.56 Å². The van der Waals surface area contributed by atoms with Crippen LogP contribution in [-0.2, 0) is 5.75 Å². The van der Waals surface area contributed by atoms with Gasteiger partial charge in [0.05, 0.1) is 10.8 Å². The Morgan fingerprint density at radius 1 is 1.41 bits per heavy atom. The van der Waals surface area contributed by atoms with Crippen LogP contribution in [0.25, 0.3) is 0 Å². The van der Waals surface area contributed by atoms with E-state index in [1.807, 2.05) is 24.3 Å². The summed E-state index contributed by atoms with van der Waals surface area (Å²) in [6, 6.07) is 9.08. The highest BCUT2D eigenvalue weighted by atomic mass is 35.5. The average molecular weight is 267 g/mol. The molecule has 3 nitrogen and oxygen atoms in total. The van der Waals surface area contributed by atoms with Crippen molar-refractivity contribution in [3.8, 4) is 0 Å². The van der Waals surface area contributed by atoms with E-state index in [0.29, 0.717) is 16.6 Å². The van der Waals surface area contributed by atoms with Crippen LogP contribution < -0.4 is 5.56 Å². The van der Waals surface area contributed by atoms with Crippen LogP contribution in [0.4, 0.5) is 0 Å². The zero-order valence-electron chi connectivity index (χ0n) is 9.24. The Bertz CT molecular complexity index is 583. The number of nitrogens with zero attached hydrogens (tertiary/aromatic N) is 1. The number of thioether (sulfide) groups is 1. The van der Waals surface area contributed by atoms with Crippen molar-refractivity contribution in [2.24, 2.45) is 0 Å². The summed E-state index contributed by atoms with van der Waals surface area (Å²) in [5, 5.41) is 0.715. The largest absolute Gasteiger partial charge is 0.310 e. The molecule has 1 aromatic heterocycles. The third-order valence-corrected chi connectivity index (χ3v) is 3.65. The van der Waals surface area contributed by atoms with Crippen molar-refractivity contribution in [1.82, 2.24) is 9.97 Å². The molecule has 0 spiro atoms. The van der Waals surface area contributed by atoms with Gasteiger partial charge in [0, 0.05) is 16.7 Å². The molecule has 88 valence electrons. The minimum atomic E-state index is -0.118. The summed E-state index contributed by atoms with van der Waals surface area (Å²) in [6.45, 7) is 1.80. The van der Waals surface area contributed by atoms with Gasteiger partial charge in [0.15, 0.2) is 0 Å². The van der Waals surface area contributed by atoms with Crippen molar-refractivity contribution < 1.29 is 0 Å². The second-order valence-corrected chi connectivity index (χ2v) is 4.98. The van der Waals surface area contributed by atoms with Crippen molar-refractivity contribution in [2.75, 3.05) is 0 Å². The van der Waals surface area contributed by atoms with Gasteiger partial charge < -0.3 is 4.98 Å². The minimum absolute atomic E-state index is 0.118. The van der Waals surface area contributed by atoms with Crippen molar-refractivity contribution >= 4 is 23.4 Å².